The number of esters is 1. The summed E-state index contributed by atoms with van der Waals surface area (Å²) in [5, 5.41) is 0.916. The van der Waals surface area contributed by atoms with Gasteiger partial charge in [0.05, 0.1) is 26.1 Å². The first-order chi connectivity index (χ1) is 12.7. The van der Waals surface area contributed by atoms with Gasteiger partial charge in [-0.3, -0.25) is 0 Å². The molecule has 0 aliphatic heterocycles. The van der Waals surface area contributed by atoms with Crippen LogP contribution in [0.5, 0.6) is 5.75 Å². The number of methoxy groups -OCH3 is 1. The van der Waals surface area contributed by atoms with Crippen LogP contribution in [0.3, 0.4) is 0 Å². The second-order valence-electron chi connectivity index (χ2n) is 6.07. The third kappa shape index (κ3) is 4.43. The van der Waals surface area contributed by atoms with Crippen LogP contribution in [0.15, 0.2) is 59.2 Å². The zero-order chi connectivity index (χ0) is 18.4. The van der Waals surface area contributed by atoms with Crippen LogP contribution in [-0.4, -0.2) is 25.8 Å². The number of hydrogen-bond donors (Lipinski definition) is 0. The van der Waals surface area contributed by atoms with Crippen LogP contribution in [0.1, 0.15) is 18.1 Å². The molecule has 0 amide bonds. The molecule has 0 unspecified atom stereocenters. The fourth-order valence-electron chi connectivity index (χ4n) is 2.74. The van der Waals surface area contributed by atoms with E-state index >= 15 is 0 Å². The van der Waals surface area contributed by atoms with Crippen LogP contribution < -0.4 is 4.74 Å². The van der Waals surface area contributed by atoms with Gasteiger partial charge in [-0.15, -0.1) is 0 Å². The summed E-state index contributed by atoms with van der Waals surface area (Å²) in [5.74, 6) is 0.0725. The van der Waals surface area contributed by atoms with Gasteiger partial charge < -0.3 is 18.6 Å². The molecule has 5 nitrogen and oxygen atoms in total. The lowest BCUT2D eigenvalue weighted by molar-refractivity contribution is -0.142. The van der Waals surface area contributed by atoms with Crippen LogP contribution in [0.25, 0.3) is 11.0 Å². The molecule has 0 N–H and O–H groups in total. The zero-order valence-corrected chi connectivity index (χ0v) is 14.9. The first-order valence-electron chi connectivity index (χ1n) is 8.51. The number of furan rings is 1. The van der Waals surface area contributed by atoms with E-state index < -0.39 is 5.97 Å². The second-order valence-corrected chi connectivity index (χ2v) is 6.07. The average molecular weight is 354 g/mol. The van der Waals surface area contributed by atoms with Crippen LogP contribution in [-0.2, 0) is 27.3 Å². The summed E-state index contributed by atoms with van der Waals surface area (Å²) in [5.41, 5.74) is 2.80. The van der Waals surface area contributed by atoms with Crippen molar-refractivity contribution in [1.82, 2.24) is 0 Å². The monoisotopic (exact) mass is 354 g/mol. The Hall–Kier alpha value is -2.79. The summed E-state index contributed by atoms with van der Waals surface area (Å²) in [7, 11) is 1.32. The molecule has 3 rings (SSSR count). The van der Waals surface area contributed by atoms with Crippen LogP contribution in [0.2, 0.25) is 0 Å². The minimum absolute atomic E-state index is 0.0844. The van der Waals surface area contributed by atoms with Gasteiger partial charge in [-0.2, -0.15) is 0 Å². The van der Waals surface area contributed by atoms with E-state index in [-0.39, 0.29) is 12.7 Å². The number of ether oxygens (including phenoxy) is 3. The molecule has 3 aromatic rings. The Morgan fingerprint density at radius 3 is 2.69 bits per heavy atom. The highest BCUT2D eigenvalue weighted by atomic mass is 16.6. The van der Waals surface area contributed by atoms with Crippen molar-refractivity contribution in [2.45, 2.75) is 26.1 Å². The minimum Gasteiger partial charge on any atom is -0.478 e. The van der Waals surface area contributed by atoms with Crippen LogP contribution in [0, 0.1) is 0 Å². The lowest BCUT2D eigenvalue weighted by Gasteiger charge is -2.12. The zero-order valence-electron chi connectivity index (χ0n) is 14.9. The number of rotatable bonds is 8. The Bertz CT molecular complexity index is 853. The van der Waals surface area contributed by atoms with Gasteiger partial charge in [0.2, 0.25) is 0 Å². The predicted octanol–water partition coefficient (Wildman–Crippen LogP) is 4.13. The molecule has 0 bridgehead atoms. The number of hydrogen-bond acceptors (Lipinski definition) is 5. The Morgan fingerprint density at radius 1 is 1.12 bits per heavy atom. The summed E-state index contributed by atoms with van der Waals surface area (Å²) in [6, 6.07) is 15.8. The van der Waals surface area contributed by atoms with Crippen molar-refractivity contribution in [3.05, 3.63) is 65.9 Å². The van der Waals surface area contributed by atoms with E-state index in [1.54, 1.807) is 12.3 Å². The van der Waals surface area contributed by atoms with E-state index in [9.17, 15) is 4.79 Å². The van der Waals surface area contributed by atoms with Crippen molar-refractivity contribution in [3.63, 3.8) is 0 Å². The largest absolute Gasteiger partial charge is 0.478 e. The summed E-state index contributed by atoms with van der Waals surface area (Å²) in [6.45, 7) is 2.35. The molecule has 0 radical (unpaired) electrons. The fourth-order valence-corrected chi connectivity index (χ4v) is 2.74. The molecule has 1 aromatic heterocycles. The highest BCUT2D eigenvalue weighted by molar-refractivity contribution is 5.86. The smallest absolute Gasteiger partial charge is 0.343 e. The van der Waals surface area contributed by atoms with Crippen molar-refractivity contribution >= 4 is 16.9 Å². The van der Waals surface area contributed by atoms with E-state index in [1.165, 1.54) is 12.7 Å². The number of carbonyl (C=O) groups excluding carboxylic acids is 1. The molecular weight excluding hydrogens is 332 g/mol. The van der Waals surface area contributed by atoms with Crippen molar-refractivity contribution in [1.29, 1.82) is 0 Å². The Balaban J connectivity index is 1.64. The molecule has 0 aliphatic rings. The number of benzene rings is 2. The van der Waals surface area contributed by atoms with Gasteiger partial charge >= 0.3 is 5.97 Å². The van der Waals surface area contributed by atoms with Gasteiger partial charge in [0, 0.05) is 10.9 Å². The molecular formula is C21H22O5. The average Bonchev–Trinajstić information content (AvgIpc) is 3.09. The molecule has 0 fully saturated rings. The number of para-hydroxylation sites is 1. The maximum atomic E-state index is 11.3. The molecule has 5 heteroatoms. The molecule has 1 atom stereocenters. The van der Waals surface area contributed by atoms with E-state index in [0.29, 0.717) is 17.9 Å². The Kier molecular flexibility index (Phi) is 5.92. The maximum Gasteiger partial charge on any atom is 0.343 e. The van der Waals surface area contributed by atoms with Gasteiger partial charge in [-0.25, -0.2) is 4.79 Å². The highest BCUT2D eigenvalue weighted by Crippen LogP contribution is 2.30. The fraction of sp³-hybridized carbons (Fsp3) is 0.286. The minimum atomic E-state index is -0.438. The molecule has 26 heavy (non-hydrogen) atoms. The van der Waals surface area contributed by atoms with E-state index in [1.807, 2.05) is 30.3 Å². The van der Waals surface area contributed by atoms with Gasteiger partial charge in [0.1, 0.15) is 0 Å². The van der Waals surface area contributed by atoms with Crippen molar-refractivity contribution < 1.29 is 23.4 Å². The molecule has 0 aliphatic carbocycles. The third-order valence-electron chi connectivity index (χ3n) is 4.11. The summed E-state index contributed by atoms with van der Waals surface area (Å²) >= 11 is 0. The maximum absolute atomic E-state index is 11.3. The molecule has 0 saturated carbocycles. The van der Waals surface area contributed by atoms with Crippen molar-refractivity contribution in [3.8, 4) is 5.75 Å². The predicted molar refractivity (Wildman–Crippen MR) is 98.1 cm³/mol. The first kappa shape index (κ1) is 18.0. The standard InChI is InChI=1S/C21H22O5/c1-15(11-16-7-4-3-5-8-16)24-12-17-13-26-21-18(17)9-6-10-19(21)25-14-20(22)23-2/h3-10,13,15H,11-12,14H2,1-2H3/t15-/m1/s1. The first-order valence-corrected chi connectivity index (χ1v) is 8.51. The molecule has 0 spiro atoms. The van der Waals surface area contributed by atoms with Crippen LogP contribution in [0.4, 0.5) is 0 Å². The summed E-state index contributed by atoms with van der Waals surface area (Å²) < 4.78 is 21.7. The molecule has 2 aromatic carbocycles. The van der Waals surface area contributed by atoms with Crippen molar-refractivity contribution in [2.24, 2.45) is 0 Å². The van der Waals surface area contributed by atoms with Gasteiger partial charge in [0.25, 0.3) is 0 Å². The van der Waals surface area contributed by atoms with Crippen LogP contribution >= 0.6 is 0 Å². The highest BCUT2D eigenvalue weighted by Gasteiger charge is 2.13. The van der Waals surface area contributed by atoms with Gasteiger partial charge in [-0.1, -0.05) is 42.5 Å². The second kappa shape index (κ2) is 8.54. The normalized spacial score (nSPS) is 12.1. The topological polar surface area (TPSA) is 57.9 Å². The Morgan fingerprint density at radius 2 is 1.92 bits per heavy atom. The quantitative estimate of drug-likeness (QED) is 0.569. The van der Waals surface area contributed by atoms with Gasteiger partial charge in [-0.05, 0) is 25.0 Å². The third-order valence-corrected chi connectivity index (χ3v) is 4.11. The lowest BCUT2D eigenvalue weighted by atomic mass is 10.1. The SMILES string of the molecule is COC(=O)COc1cccc2c(CO[C@H](C)Cc3ccccc3)coc12. The van der Waals surface area contributed by atoms with Gasteiger partial charge in [0.15, 0.2) is 17.9 Å². The van der Waals surface area contributed by atoms with E-state index in [0.717, 1.165) is 17.4 Å². The molecule has 136 valence electrons. The lowest BCUT2D eigenvalue weighted by Crippen LogP contribution is -2.12. The number of carbonyl (C=O) groups is 1. The summed E-state index contributed by atoms with van der Waals surface area (Å²) in [6.07, 6.45) is 2.61. The molecule has 0 saturated heterocycles. The van der Waals surface area contributed by atoms with E-state index in [4.69, 9.17) is 13.9 Å². The Labute approximate surface area is 152 Å². The van der Waals surface area contributed by atoms with Crippen molar-refractivity contribution in [2.75, 3.05) is 13.7 Å². The van der Waals surface area contributed by atoms with E-state index in [2.05, 4.69) is 23.8 Å². The summed E-state index contributed by atoms with van der Waals surface area (Å²) in [4.78, 5) is 11.3. The molecule has 1 heterocycles. The number of fused-ring (bicyclic) bond motifs is 1.